The third kappa shape index (κ3) is 2.38. The molecule has 18 heavy (non-hydrogen) atoms. The molecule has 1 fully saturated rings. The molecule has 0 aliphatic carbocycles. The zero-order valence-electron chi connectivity index (χ0n) is 9.54. The van der Waals surface area contributed by atoms with Gasteiger partial charge in [-0.25, -0.2) is 0 Å². The van der Waals surface area contributed by atoms with E-state index in [1.54, 1.807) is 12.1 Å². The van der Waals surface area contributed by atoms with Crippen LogP contribution in [0.1, 0.15) is 12.0 Å². The highest BCUT2D eigenvalue weighted by Crippen LogP contribution is 2.20. The summed E-state index contributed by atoms with van der Waals surface area (Å²) in [5, 5.41) is 0.627. The highest BCUT2D eigenvalue weighted by atomic mass is 16.7. The molecule has 2 N–H and O–H groups in total. The van der Waals surface area contributed by atoms with Crippen LogP contribution in [0.2, 0.25) is 0 Å². The fourth-order valence-electron chi connectivity index (χ4n) is 1.68. The number of nitrogens with two attached hydrogens (primary N) is 1. The maximum atomic E-state index is 11.7. The van der Waals surface area contributed by atoms with E-state index in [1.807, 2.05) is 18.2 Å². The summed E-state index contributed by atoms with van der Waals surface area (Å²) in [7, 11) is 0. The molecule has 0 unspecified atom stereocenters. The Bertz CT molecular complexity index is 486. The summed E-state index contributed by atoms with van der Waals surface area (Å²) in [4.78, 5) is 39.2. The van der Waals surface area contributed by atoms with Gasteiger partial charge in [-0.3, -0.25) is 19.2 Å². The molecule has 1 saturated heterocycles. The lowest BCUT2D eigenvalue weighted by Gasteiger charge is -2.13. The van der Waals surface area contributed by atoms with Crippen LogP contribution in [0.3, 0.4) is 0 Å². The summed E-state index contributed by atoms with van der Waals surface area (Å²) in [6.07, 6.45) is -0.219. The number of carbonyl (C=O) groups excluding carboxylic acids is 3. The molecule has 2 rings (SSSR count). The molecule has 94 valence electrons. The van der Waals surface area contributed by atoms with E-state index in [0.29, 0.717) is 5.06 Å². The summed E-state index contributed by atoms with van der Waals surface area (Å²) in [6, 6.07) is 9.09. The van der Waals surface area contributed by atoms with Crippen molar-refractivity contribution in [2.24, 2.45) is 11.7 Å². The highest BCUT2D eigenvalue weighted by Gasteiger charge is 2.43. The molecule has 6 heteroatoms. The smallest absolute Gasteiger partial charge is 0.266 e. The molecule has 1 aliphatic heterocycles. The lowest BCUT2D eigenvalue weighted by Crippen LogP contribution is -2.34. The molecule has 1 atom stereocenters. The Balaban J connectivity index is 2.00. The number of hydrogen-bond acceptors (Lipinski definition) is 4. The van der Waals surface area contributed by atoms with Crippen molar-refractivity contribution in [3.63, 3.8) is 0 Å². The first-order valence-corrected chi connectivity index (χ1v) is 5.42. The fraction of sp³-hybridized carbons (Fsp3) is 0.250. The number of benzene rings is 1. The van der Waals surface area contributed by atoms with E-state index in [9.17, 15) is 14.4 Å². The van der Waals surface area contributed by atoms with Crippen LogP contribution in [-0.2, 0) is 25.8 Å². The zero-order valence-corrected chi connectivity index (χ0v) is 9.54. The van der Waals surface area contributed by atoms with Crippen molar-refractivity contribution < 1.29 is 19.2 Å². The second kappa shape index (κ2) is 4.97. The van der Waals surface area contributed by atoms with E-state index < -0.39 is 23.6 Å². The molecule has 1 heterocycles. The number of rotatable bonds is 4. The van der Waals surface area contributed by atoms with Crippen molar-refractivity contribution in [1.29, 1.82) is 0 Å². The van der Waals surface area contributed by atoms with Crippen molar-refractivity contribution in [3.05, 3.63) is 35.9 Å². The van der Waals surface area contributed by atoms with Gasteiger partial charge in [0.25, 0.3) is 11.8 Å². The average Bonchev–Trinajstić information content (AvgIpc) is 2.64. The topological polar surface area (TPSA) is 89.7 Å². The molecule has 1 aromatic carbocycles. The second-order valence-corrected chi connectivity index (χ2v) is 3.94. The van der Waals surface area contributed by atoms with E-state index in [1.165, 1.54) is 0 Å². The third-order valence-electron chi connectivity index (χ3n) is 2.65. The Hall–Kier alpha value is -2.21. The number of nitrogens with zero attached hydrogens (tertiary/aromatic N) is 1. The van der Waals surface area contributed by atoms with E-state index in [4.69, 9.17) is 10.6 Å². The first-order valence-electron chi connectivity index (χ1n) is 5.42. The van der Waals surface area contributed by atoms with Gasteiger partial charge in [-0.2, -0.15) is 5.06 Å². The third-order valence-corrected chi connectivity index (χ3v) is 2.65. The minimum Gasteiger partial charge on any atom is -0.369 e. The average molecular weight is 248 g/mol. The van der Waals surface area contributed by atoms with Crippen LogP contribution < -0.4 is 5.73 Å². The van der Waals surface area contributed by atoms with Crippen molar-refractivity contribution >= 4 is 17.7 Å². The van der Waals surface area contributed by atoms with E-state index in [2.05, 4.69) is 0 Å². The van der Waals surface area contributed by atoms with Gasteiger partial charge in [0.1, 0.15) is 12.5 Å². The first kappa shape index (κ1) is 12.3. The Morgan fingerprint density at radius 1 is 1.33 bits per heavy atom. The van der Waals surface area contributed by atoms with E-state index in [-0.39, 0.29) is 13.0 Å². The van der Waals surface area contributed by atoms with Crippen LogP contribution in [0, 0.1) is 5.92 Å². The van der Waals surface area contributed by atoms with Gasteiger partial charge < -0.3 is 5.73 Å². The van der Waals surface area contributed by atoms with Crippen molar-refractivity contribution in [2.75, 3.05) is 0 Å². The molecule has 3 amide bonds. The highest BCUT2D eigenvalue weighted by molar-refractivity contribution is 6.12. The predicted octanol–water partition coefficient (Wildman–Crippen LogP) is -0.0214. The Kier molecular flexibility index (Phi) is 3.38. The number of hydroxylamine groups is 2. The Labute approximate surface area is 103 Å². The molecule has 1 aliphatic rings. The molecule has 0 spiro atoms. The number of carbonyl (C=O) groups is 3. The standard InChI is InChI=1S/C12H12N2O4/c13-11(16)9-6-10(15)14(12(9)17)18-7-8-4-2-1-3-5-8/h1-5,9H,6-7H2,(H2,13,16)/t9-/m0/s1. The molecule has 6 nitrogen and oxygen atoms in total. The number of primary amides is 1. The van der Waals surface area contributed by atoms with Crippen molar-refractivity contribution in [2.45, 2.75) is 13.0 Å². The number of hydrogen-bond donors (Lipinski definition) is 1. The normalized spacial score (nSPS) is 19.3. The van der Waals surface area contributed by atoms with Crippen LogP contribution in [0.4, 0.5) is 0 Å². The molecule has 0 aromatic heterocycles. The second-order valence-electron chi connectivity index (χ2n) is 3.94. The largest absolute Gasteiger partial charge is 0.369 e. The fourth-order valence-corrected chi connectivity index (χ4v) is 1.68. The van der Waals surface area contributed by atoms with Crippen LogP contribution in [0.15, 0.2) is 30.3 Å². The number of amides is 3. The molecule has 1 aromatic rings. The van der Waals surface area contributed by atoms with Crippen LogP contribution in [0.5, 0.6) is 0 Å². The maximum Gasteiger partial charge on any atom is 0.266 e. The monoisotopic (exact) mass is 248 g/mol. The van der Waals surface area contributed by atoms with E-state index in [0.717, 1.165) is 5.56 Å². The van der Waals surface area contributed by atoms with Gasteiger partial charge in [0.2, 0.25) is 5.91 Å². The zero-order chi connectivity index (χ0) is 13.1. The molecular weight excluding hydrogens is 236 g/mol. The summed E-state index contributed by atoms with van der Waals surface area (Å²) in [5.74, 6) is -3.14. The van der Waals surface area contributed by atoms with Gasteiger partial charge in [0.15, 0.2) is 0 Å². The summed E-state index contributed by atoms with van der Waals surface area (Å²) in [6.45, 7) is 0.0871. The predicted molar refractivity (Wildman–Crippen MR) is 60.4 cm³/mol. The summed E-state index contributed by atoms with van der Waals surface area (Å²) < 4.78 is 0. The minimum absolute atomic E-state index is 0.0871. The maximum absolute atomic E-state index is 11.7. The number of imide groups is 1. The van der Waals surface area contributed by atoms with Crippen molar-refractivity contribution in [1.82, 2.24) is 5.06 Å². The van der Waals surface area contributed by atoms with Crippen LogP contribution >= 0.6 is 0 Å². The molecular formula is C12H12N2O4. The quantitative estimate of drug-likeness (QED) is 0.599. The molecule has 0 saturated carbocycles. The SMILES string of the molecule is NC(=O)[C@@H]1CC(=O)N(OCc2ccccc2)C1=O. The first-order chi connectivity index (χ1) is 8.59. The molecule has 0 bridgehead atoms. The van der Waals surface area contributed by atoms with E-state index >= 15 is 0 Å². The van der Waals surface area contributed by atoms with Crippen LogP contribution in [-0.4, -0.2) is 22.8 Å². The van der Waals surface area contributed by atoms with Gasteiger partial charge in [-0.05, 0) is 5.56 Å². The van der Waals surface area contributed by atoms with Crippen LogP contribution in [0.25, 0.3) is 0 Å². The Morgan fingerprint density at radius 3 is 2.56 bits per heavy atom. The Morgan fingerprint density at radius 2 is 2.00 bits per heavy atom. The van der Waals surface area contributed by atoms with Gasteiger partial charge in [-0.15, -0.1) is 0 Å². The lowest BCUT2D eigenvalue weighted by atomic mass is 10.1. The van der Waals surface area contributed by atoms with Gasteiger partial charge in [0, 0.05) is 0 Å². The summed E-state index contributed by atoms with van der Waals surface area (Å²) in [5.41, 5.74) is 5.85. The molecule has 0 radical (unpaired) electrons. The van der Waals surface area contributed by atoms with Gasteiger partial charge in [0.05, 0.1) is 6.42 Å². The minimum atomic E-state index is -1.10. The summed E-state index contributed by atoms with van der Waals surface area (Å²) >= 11 is 0. The van der Waals surface area contributed by atoms with Gasteiger partial charge in [-0.1, -0.05) is 30.3 Å². The van der Waals surface area contributed by atoms with Gasteiger partial charge >= 0.3 is 0 Å². The lowest BCUT2D eigenvalue weighted by molar-refractivity contribution is -0.192. The van der Waals surface area contributed by atoms with Crippen molar-refractivity contribution in [3.8, 4) is 0 Å².